The molecule has 4 nitrogen and oxygen atoms in total. The minimum absolute atomic E-state index is 0.608. The van der Waals surface area contributed by atoms with Gasteiger partial charge in [-0.3, -0.25) is 4.90 Å². The van der Waals surface area contributed by atoms with Crippen LogP contribution in [0.4, 0.5) is 5.13 Å². The first-order chi connectivity index (χ1) is 8.69. The maximum Gasteiger partial charge on any atom is 0.185 e. The standard InChI is InChI=1S/C13H24N4S/c1-4-16(5-2)11-6-7-17(9-11)13-15-10(3)12(8-14)18-13/h11H,4-9,14H2,1-3H3. The van der Waals surface area contributed by atoms with Gasteiger partial charge >= 0.3 is 0 Å². The number of thiazole rings is 1. The Hall–Kier alpha value is -0.650. The van der Waals surface area contributed by atoms with Crippen LogP contribution in [-0.4, -0.2) is 42.1 Å². The molecule has 1 aliphatic heterocycles. The van der Waals surface area contributed by atoms with Crippen molar-refractivity contribution in [2.24, 2.45) is 5.73 Å². The van der Waals surface area contributed by atoms with E-state index in [0.717, 1.165) is 37.0 Å². The van der Waals surface area contributed by atoms with Crippen LogP contribution in [0.25, 0.3) is 0 Å². The van der Waals surface area contributed by atoms with Crippen molar-refractivity contribution in [2.75, 3.05) is 31.1 Å². The highest BCUT2D eigenvalue weighted by molar-refractivity contribution is 7.15. The molecule has 0 amide bonds. The molecule has 0 saturated carbocycles. The van der Waals surface area contributed by atoms with Crippen molar-refractivity contribution in [1.82, 2.24) is 9.88 Å². The maximum absolute atomic E-state index is 5.72. The lowest BCUT2D eigenvalue weighted by Gasteiger charge is -2.25. The lowest BCUT2D eigenvalue weighted by Crippen LogP contribution is -2.37. The van der Waals surface area contributed by atoms with E-state index >= 15 is 0 Å². The van der Waals surface area contributed by atoms with Crippen LogP contribution in [0.15, 0.2) is 0 Å². The van der Waals surface area contributed by atoms with E-state index in [1.165, 1.54) is 11.3 Å². The van der Waals surface area contributed by atoms with Crippen LogP contribution in [-0.2, 0) is 6.54 Å². The summed E-state index contributed by atoms with van der Waals surface area (Å²) < 4.78 is 0. The lowest BCUT2D eigenvalue weighted by molar-refractivity contribution is 0.232. The van der Waals surface area contributed by atoms with Gasteiger partial charge in [0.2, 0.25) is 0 Å². The zero-order valence-electron chi connectivity index (χ0n) is 11.6. The van der Waals surface area contributed by atoms with E-state index in [9.17, 15) is 0 Å². The Morgan fingerprint density at radius 3 is 2.72 bits per heavy atom. The molecule has 1 aromatic rings. The average Bonchev–Trinajstić information content (AvgIpc) is 2.97. The molecule has 2 heterocycles. The zero-order valence-corrected chi connectivity index (χ0v) is 12.5. The predicted octanol–water partition coefficient (Wildman–Crippen LogP) is 1.83. The van der Waals surface area contributed by atoms with Gasteiger partial charge in [0, 0.05) is 30.6 Å². The second-order valence-electron chi connectivity index (χ2n) is 4.82. The Bertz CT molecular complexity index is 386. The fourth-order valence-corrected chi connectivity index (χ4v) is 3.67. The number of hydrogen-bond acceptors (Lipinski definition) is 5. The fraction of sp³-hybridized carbons (Fsp3) is 0.769. The third kappa shape index (κ3) is 2.68. The largest absolute Gasteiger partial charge is 0.346 e. The molecule has 0 spiro atoms. The second kappa shape index (κ2) is 5.99. The normalized spacial score (nSPS) is 20.1. The molecule has 2 N–H and O–H groups in total. The molecule has 0 aliphatic carbocycles. The molecule has 1 saturated heterocycles. The molecule has 1 aliphatic rings. The van der Waals surface area contributed by atoms with Gasteiger partial charge in [0.25, 0.3) is 0 Å². The number of hydrogen-bond donors (Lipinski definition) is 1. The average molecular weight is 268 g/mol. The van der Waals surface area contributed by atoms with E-state index in [1.807, 2.05) is 0 Å². The molecule has 1 unspecified atom stereocenters. The Morgan fingerprint density at radius 1 is 1.44 bits per heavy atom. The van der Waals surface area contributed by atoms with Gasteiger partial charge in [-0.05, 0) is 26.4 Å². The first-order valence-corrected chi connectivity index (χ1v) is 7.66. The summed E-state index contributed by atoms with van der Waals surface area (Å²) in [5.41, 5.74) is 6.83. The highest BCUT2D eigenvalue weighted by Gasteiger charge is 2.28. The SMILES string of the molecule is CCN(CC)C1CCN(c2nc(C)c(CN)s2)C1. The Morgan fingerprint density at radius 2 is 2.17 bits per heavy atom. The van der Waals surface area contributed by atoms with Crippen LogP contribution in [0.1, 0.15) is 30.8 Å². The van der Waals surface area contributed by atoms with Gasteiger partial charge in [-0.1, -0.05) is 13.8 Å². The number of nitrogens with two attached hydrogens (primary N) is 1. The summed E-state index contributed by atoms with van der Waals surface area (Å²) in [6.45, 7) is 11.7. The molecule has 18 heavy (non-hydrogen) atoms. The zero-order chi connectivity index (χ0) is 13.1. The predicted molar refractivity (Wildman–Crippen MR) is 78.3 cm³/mol. The summed E-state index contributed by atoms with van der Waals surface area (Å²) in [6.07, 6.45) is 1.25. The number of aryl methyl sites for hydroxylation is 1. The highest BCUT2D eigenvalue weighted by atomic mass is 32.1. The molecule has 0 bridgehead atoms. The molecule has 1 fully saturated rings. The minimum atomic E-state index is 0.608. The third-order valence-electron chi connectivity index (χ3n) is 3.83. The van der Waals surface area contributed by atoms with Crippen molar-refractivity contribution in [1.29, 1.82) is 0 Å². The Kier molecular flexibility index (Phi) is 4.59. The van der Waals surface area contributed by atoms with Crippen molar-refractivity contribution < 1.29 is 0 Å². The Balaban J connectivity index is 2.03. The van der Waals surface area contributed by atoms with Crippen molar-refractivity contribution in [3.63, 3.8) is 0 Å². The van der Waals surface area contributed by atoms with Gasteiger partial charge in [0.15, 0.2) is 5.13 Å². The fourth-order valence-electron chi connectivity index (χ4n) is 2.69. The summed E-state index contributed by atoms with van der Waals surface area (Å²) in [5, 5.41) is 1.16. The van der Waals surface area contributed by atoms with E-state index in [2.05, 4.69) is 35.6 Å². The van der Waals surface area contributed by atoms with Crippen LogP contribution in [0.2, 0.25) is 0 Å². The topological polar surface area (TPSA) is 45.4 Å². The molecule has 102 valence electrons. The van der Waals surface area contributed by atoms with Crippen LogP contribution in [0.5, 0.6) is 0 Å². The van der Waals surface area contributed by atoms with Crippen molar-refractivity contribution in [3.8, 4) is 0 Å². The second-order valence-corrected chi connectivity index (χ2v) is 5.88. The molecule has 1 atom stereocenters. The molecular formula is C13H24N4S. The molecular weight excluding hydrogens is 244 g/mol. The number of aromatic nitrogens is 1. The van der Waals surface area contributed by atoms with Crippen molar-refractivity contribution >= 4 is 16.5 Å². The van der Waals surface area contributed by atoms with E-state index in [1.54, 1.807) is 11.3 Å². The molecule has 1 aromatic heterocycles. The summed E-state index contributed by atoms with van der Waals surface area (Å²) in [6, 6.07) is 0.686. The van der Waals surface area contributed by atoms with Gasteiger partial charge in [-0.2, -0.15) is 0 Å². The minimum Gasteiger partial charge on any atom is -0.346 e. The van der Waals surface area contributed by atoms with Gasteiger partial charge in [0.1, 0.15) is 0 Å². The molecule has 0 aromatic carbocycles. The number of anilines is 1. The van der Waals surface area contributed by atoms with E-state index in [4.69, 9.17) is 5.73 Å². The summed E-state index contributed by atoms with van der Waals surface area (Å²) in [7, 11) is 0. The maximum atomic E-state index is 5.72. The summed E-state index contributed by atoms with van der Waals surface area (Å²) in [4.78, 5) is 10.8. The smallest absolute Gasteiger partial charge is 0.185 e. The van der Waals surface area contributed by atoms with Crippen molar-refractivity contribution in [3.05, 3.63) is 10.6 Å². The van der Waals surface area contributed by atoms with E-state index in [-0.39, 0.29) is 0 Å². The monoisotopic (exact) mass is 268 g/mol. The number of nitrogens with zero attached hydrogens (tertiary/aromatic N) is 3. The van der Waals surface area contributed by atoms with Crippen LogP contribution < -0.4 is 10.6 Å². The van der Waals surface area contributed by atoms with Gasteiger partial charge < -0.3 is 10.6 Å². The third-order valence-corrected chi connectivity index (χ3v) is 5.07. The first-order valence-electron chi connectivity index (χ1n) is 6.84. The highest BCUT2D eigenvalue weighted by Crippen LogP contribution is 2.29. The van der Waals surface area contributed by atoms with E-state index < -0.39 is 0 Å². The van der Waals surface area contributed by atoms with Crippen LogP contribution in [0, 0.1) is 6.92 Å². The summed E-state index contributed by atoms with van der Waals surface area (Å²) in [5.74, 6) is 0. The lowest BCUT2D eigenvalue weighted by atomic mass is 10.2. The molecule has 0 radical (unpaired) electrons. The molecule has 5 heteroatoms. The number of likely N-dealkylation sites (N-methyl/N-ethyl adjacent to an activating group) is 1. The van der Waals surface area contributed by atoms with E-state index in [0.29, 0.717) is 12.6 Å². The number of rotatable bonds is 5. The van der Waals surface area contributed by atoms with Crippen LogP contribution >= 0.6 is 11.3 Å². The summed E-state index contributed by atoms with van der Waals surface area (Å²) >= 11 is 1.76. The Labute approximate surface area is 114 Å². The van der Waals surface area contributed by atoms with Gasteiger partial charge in [-0.25, -0.2) is 4.98 Å². The van der Waals surface area contributed by atoms with Gasteiger partial charge in [0.05, 0.1) is 5.69 Å². The quantitative estimate of drug-likeness (QED) is 0.885. The first kappa shape index (κ1) is 13.8. The molecule has 2 rings (SSSR count). The van der Waals surface area contributed by atoms with Gasteiger partial charge in [-0.15, -0.1) is 11.3 Å². The van der Waals surface area contributed by atoms with Crippen molar-refractivity contribution in [2.45, 2.75) is 39.8 Å². The van der Waals surface area contributed by atoms with Crippen LogP contribution in [0.3, 0.4) is 0 Å².